The number of nitrogens with one attached hydrogen (secondary N) is 1. The number of carbonyl (C=O) groups is 2. The molecule has 1 aromatic heterocycles. The minimum Gasteiger partial charge on any atom is -0.348 e. The van der Waals surface area contributed by atoms with Crippen LogP contribution in [0.5, 0.6) is 0 Å². The van der Waals surface area contributed by atoms with Crippen molar-refractivity contribution in [3.63, 3.8) is 0 Å². The molecule has 4 aromatic rings. The summed E-state index contributed by atoms with van der Waals surface area (Å²) in [5.41, 5.74) is 2.32. The van der Waals surface area contributed by atoms with E-state index in [9.17, 15) is 14.4 Å². The van der Waals surface area contributed by atoms with E-state index in [4.69, 9.17) is 4.98 Å². The van der Waals surface area contributed by atoms with Crippen LogP contribution in [0.2, 0.25) is 0 Å². The number of thioether (sulfide) groups is 1. The topological polar surface area (TPSA) is 81.1 Å². The summed E-state index contributed by atoms with van der Waals surface area (Å²) in [4.78, 5) is 43.7. The zero-order valence-electron chi connectivity index (χ0n) is 21.4. The van der Waals surface area contributed by atoms with Gasteiger partial charge in [0.05, 0.1) is 16.7 Å². The monoisotopic (exact) mass is 513 g/mol. The Bertz CT molecular complexity index is 1460. The standard InChI is InChI=1S/C30H31N3O3S/c1-30(2,3)26(34)20-37-29-32-25-18-23(27(35)31-19-22-12-8-5-9-13-22)14-15-24(25)28(36)33(29)17-16-21-10-6-4-7-11-21/h4-15,18H,16-17,19-20H2,1-3H3,(H,31,35). The molecule has 4 rings (SSSR count). The lowest BCUT2D eigenvalue weighted by Crippen LogP contribution is -2.27. The molecule has 0 unspecified atom stereocenters. The second-order valence-corrected chi connectivity index (χ2v) is 10.9. The van der Waals surface area contributed by atoms with Crippen LogP contribution in [0.15, 0.2) is 88.8 Å². The Hall–Kier alpha value is -3.71. The van der Waals surface area contributed by atoms with E-state index in [0.717, 1.165) is 11.1 Å². The lowest BCUT2D eigenvalue weighted by molar-refractivity contribution is -0.123. The molecule has 0 spiro atoms. The van der Waals surface area contributed by atoms with Gasteiger partial charge >= 0.3 is 0 Å². The summed E-state index contributed by atoms with van der Waals surface area (Å²) in [6.45, 7) is 6.49. The van der Waals surface area contributed by atoms with Crippen LogP contribution < -0.4 is 10.9 Å². The van der Waals surface area contributed by atoms with Gasteiger partial charge in [0.15, 0.2) is 5.16 Å². The molecule has 37 heavy (non-hydrogen) atoms. The largest absolute Gasteiger partial charge is 0.348 e. The summed E-state index contributed by atoms with van der Waals surface area (Å²) in [7, 11) is 0. The number of Topliss-reactive ketones (excluding diaryl/α,β-unsaturated/α-hetero) is 1. The first-order chi connectivity index (χ1) is 17.7. The van der Waals surface area contributed by atoms with Gasteiger partial charge in [-0.3, -0.25) is 19.0 Å². The van der Waals surface area contributed by atoms with Crippen molar-refractivity contribution in [2.24, 2.45) is 5.41 Å². The van der Waals surface area contributed by atoms with Crippen LogP contribution in [-0.2, 0) is 24.3 Å². The molecule has 0 aliphatic heterocycles. The maximum Gasteiger partial charge on any atom is 0.262 e. The fourth-order valence-electron chi connectivity index (χ4n) is 3.76. The van der Waals surface area contributed by atoms with Crippen molar-refractivity contribution in [1.82, 2.24) is 14.9 Å². The number of rotatable bonds is 9. The molecule has 0 saturated carbocycles. The maximum absolute atomic E-state index is 13.5. The fraction of sp³-hybridized carbons (Fsp3) is 0.267. The number of aryl methyl sites for hydroxylation is 1. The summed E-state index contributed by atoms with van der Waals surface area (Å²) in [5, 5.41) is 3.84. The predicted octanol–water partition coefficient (Wildman–Crippen LogP) is 5.28. The first-order valence-electron chi connectivity index (χ1n) is 12.3. The Morgan fingerprint density at radius 2 is 1.57 bits per heavy atom. The molecule has 6 nitrogen and oxygen atoms in total. The smallest absolute Gasteiger partial charge is 0.262 e. The highest BCUT2D eigenvalue weighted by atomic mass is 32.2. The van der Waals surface area contributed by atoms with E-state index in [1.165, 1.54) is 11.8 Å². The average molecular weight is 514 g/mol. The van der Waals surface area contributed by atoms with Gasteiger partial charge in [-0.15, -0.1) is 0 Å². The Kier molecular flexibility index (Phi) is 8.24. The summed E-state index contributed by atoms with van der Waals surface area (Å²) in [6.07, 6.45) is 0.661. The lowest BCUT2D eigenvalue weighted by Gasteiger charge is -2.17. The first-order valence-corrected chi connectivity index (χ1v) is 13.3. The third-order valence-electron chi connectivity index (χ3n) is 6.11. The number of benzene rings is 3. The predicted molar refractivity (Wildman–Crippen MR) is 149 cm³/mol. The molecule has 3 aromatic carbocycles. The molecule has 7 heteroatoms. The van der Waals surface area contributed by atoms with Gasteiger partial charge in [0.25, 0.3) is 11.5 Å². The van der Waals surface area contributed by atoms with Gasteiger partial charge in [-0.05, 0) is 35.7 Å². The van der Waals surface area contributed by atoms with Gasteiger partial charge in [0.1, 0.15) is 5.78 Å². The van der Waals surface area contributed by atoms with Crippen LogP contribution in [0.1, 0.15) is 42.3 Å². The van der Waals surface area contributed by atoms with E-state index in [0.29, 0.717) is 41.1 Å². The van der Waals surface area contributed by atoms with E-state index in [1.807, 2.05) is 81.4 Å². The molecule has 0 radical (unpaired) electrons. The van der Waals surface area contributed by atoms with Crippen molar-refractivity contribution in [2.75, 3.05) is 5.75 Å². The average Bonchev–Trinajstić information content (AvgIpc) is 2.90. The highest BCUT2D eigenvalue weighted by molar-refractivity contribution is 7.99. The SMILES string of the molecule is CC(C)(C)C(=O)CSc1nc2cc(C(=O)NCc3ccccc3)ccc2c(=O)n1CCc1ccccc1. The highest BCUT2D eigenvalue weighted by Gasteiger charge is 2.22. The molecule has 0 saturated heterocycles. The number of fused-ring (bicyclic) bond motifs is 1. The zero-order chi connectivity index (χ0) is 26.4. The number of carbonyl (C=O) groups excluding carboxylic acids is 2. The van der Waals surface area contributed by atoms with Crippen LogP contribution in [-0.4, -0.2) is 27.0 Å². The molecule has 0 aliphatic carbocycles. The van der Waals surface area contributed by atoms with Gasteiger partial charge in [-0.25, -0.2) is 4.98 Å². The van der Waals surface area contributed by atoms with Crippen LogP contribution in [0.25, 0.3) is 10.9 Å². The van der Waals surface area contributed by atoms with Crippen molar-refractivity contribution >= 4 is 34.4 Å². The number of nitrogens with zero attached hydrogens (tertiary/aromatic N) is 2. The fourth-order valence-corrected chi connectivity index (χ4v) is 4.95. The van der Waals surface area contributed by atoms with Crippen molar-refractivity contribution in [2.45, 2.75) is 45.4 Å². The number of aromatic nitrogens is 2. The van der Waals surface area contributed by atoms with Crippen molar-refractivity contribution in [1.29, 1.82) is 0 Å². The Morgan fingerprint density at radius 3 is 2.22 bits per heavy atom. The number of hydrogen-bond acceptors (Lipinski definition) is 5. The van der Waals surface area contributed by atoms with Crippen LogP contribution in [0.3, 0.4) is 0 Å². The third-order valence-corrected chi connectivity index (χ3v) is 7.09. The van der Waals surface area contributed by atoms with Gasteiger partial charge in [-0.2, -0.15) is 0 Å². The second kappa shape index (κ2) is 11.6. The number of ketones is 1. The van der Waals surface area contributed by atoms with Gasteiger partial charge < -0.3 is 5.32 Å². The number of amides is 1. The van der Waals surface area contributed by atoms with Gasteiger partial charge in [0, 0.05) is 24.1 Å². The molecular weight excluding hydrogens is 482 g/mol. The third kappa shape index (κ3) is 6.74. The Balaban J connectivity index is 1.64. The van der Waals surface area contributed by atoms with E-state index in [1.54, 1.807) is 22.8 Å². The molecule has 1 heterocycles. The summed E-state index contributed by atoms with van der Waals surface area (Å²) in [5.74, 6) is 0.0535. The highest BCUT2D eigenvalue weighted by Crippen LogP contribution is 2.24. The minimum atomic E-state index is -0.483. The lowest BCUT2D eigenvalue weighted by atomic mass is 9.92. The molecule has 0 bridgehead atoms. The molecule has 0 atom stereocenters. The molecule has 0 fully saturated rings. The summed E-state index contributed by atoms with van der Waals surface area (Å²) in [6, 6.07) is 24.6. The van der Waals surface area contributed by atoms with E-state index >= 15 is 0 Å². The zero-order valence-corrected chi connectivity index (χ0v) is 22.2. The Labute approximate surface area is 221 Å². The van der Waals surface area contributed by atoms with E-state index in [-0.39, 0.29) is 23.0 Å². The number of hydrogen-bond donors (Lipinski definition) is 1. The van der Waals surface area contributed by atoms with Crippen LogP contribution in [0.4, 0.5) is 0 Å². The molecule has 1 amide bonds. The van der Waals surface area contributed by atoms with Crippen molar-refractivity contribution < 1.29 is 9.59 Å². The van der Waals surface area contributed by atoms with E-state index in [2.05, 4.69) is 5.32 Å². The summed E-state index contributed by atoms with van der Waals surface area (Å²) >= 11 is 1.27. The molecule has 190 valence electrons. The Morgan fingerprint density at radius 1 is 0.919 bits per heavy atom. The molecule has 0 aliphatic rings. The maximum atomic E-state index is 13.5. The van der Waals surface area contributed by atoms with Crippen molar-refractivity contribution in [3.8, 4) is 0 Å². The van der Waals surface area contributed by atoms with Gasteiger partial charge in [-0.1, -0.05) is 93.2 Å². The van der Waals surface area contributed by atoms with Crippen LogP contribution >= 0.6 is 11.8 Å². The summed E-state index contributed by atoms with van der Waals surface area (Å²) < 4.78 is 1.64. The van der Waals surface area contributed by atoms with E-state index < -0.39 is 5.41 Å². The van der Waals surface area contributed by atoms with Crippen molar-refractivity contribution in [3.05, 3.63) is 106 Å². The molecule has 1 N–H and O–H groups in total. The first kappa shape index (κ1) is 26.4. The minimum absolute atomic E-state index is 0.0792. The normalized spacial score (nSPS) is 11.4. The quantitative estimate of drug-likeness (QED) is 0.243. The second-order valence-electron chi connectivity index (χ2n) is 9.95. The van der Waals surface area contributed by atoms with Gasteiger partial charge in [0.2, 0.25) is 0 Å². The molecular formula is C30H31N3O3S. The van der Waals surface area contributed by atoms with Crippen LogP contribution in [0, 0.1) is 5.41 Å².